The molecule has 0 bridgehead atoms. The highest BCUT2D eigenvalue weighted by atomic mass is 16.5. The number of morpholine rings is 1. The van der Waals surface area contributed by atoms with Gasteiger partial charge in [0.1, 0.15) is 12.2 Å². The molecule has 0 amide bonds. The lowest BCUT2D eigenvalue weighted by molar-refractivity contribution is 0.0342. The van der Waals surface area contributed by atoms with Crippen molar-refractivity contribution in [1.29, 1.82) is 0 Å². The van der Waals surface area contributed by atoms with E-state index in [4.69, 9.17) is 9.47 Å². The fourth-order valence-corrected chi connectivity index (χ4v) is 4.68. The molecule has 3 aliphatic rings. The third-order valence-corrected chi connectivity index (χ3v) is 6.10. The zero-order chi connectivity index (χ0) is 17.3. The second-order valence-corrected chi connectivity index (χ2v) is 7.77. The summed E-state index contributed by atoms with van der Waals surface area (Å²) in [4.78, 5) is 9.68. The molecule has 1 saturated carbocycles. The number of hydrogen-bond acceptors (Lipinski definition) is 5. The van der Waals surface area contributed by atoms with Gasteiger partial charge in [-0.1, -0.05) is 18.9 Å². The van der Waals surface area contributed by atoms with Crippen LogP contribution in [0.1, 0.15) is 36.8 Å². The number of pyridine rings is 1. The van der Waals surface area contributed by atoms with Gasteiger partial charge in [-0.25, -0.2) is 0 Å². The molecule has 3 heterocycles. The molecular weight excluding hydrogens is 326 g/mol. The summed E-state index contributed by atoms with van der Waals surface area (Å²) in [5, 5.41) is 1.23. The molecule has 1 aromatic carbocycles. The van der Waals surface area contributed by atoms with E-state index < -0.39 is 0 Å². The standard InChI is InChI=1S/C21H27N3O2/c1-2-5-18(4-1)24-14-17-12-16(13-23-8-10-25-11-9-23)19-6-3-7-22-20(19)21(17)26-15-24/h3,6-7,12,18H,1-2,4-5,8-11,13-15H2. The Balaban J connectivity index is 1.49. The lowest BCUT2D eigenvalue weighted by atomic mass is 10.0. The van der Waals surface area contributed by atoms with Crippen LogP contribution in [-0.4, -0.2) is 53.9 Å². The summed E-state index contributed by atoms with van der Waals surface area (Å²) >= 11 is 0. The number of benzene rings is 1. The second-order valence-electron chi connectivity index (χ2n) is 7.77. The van der Waals surface area contributed by atoms with Gasteiger partial charge in [-0.2, -0.15) is 0 Å². The van der Waals surface area contributed by atoms with E-state index in [9.17, 15) is 0 Å². The average molecular weight is 353 g/mol. The molecule has 0 unspecified atom stereocenters. The van der Waals surface area contributed by atoms with Crippen LogP contribution < -0.4 is 4.74 Å². The van der Waals surface area contributed by atoms with E-state index in [1.54, 1.807) is 0 Å². The molecule has 2 aliphatic heterocycles. The molecular formula is C21H27N3O2. The molecule has 2 fully saturated rings. The van der Waals surface area contributed by atoms with Gasteiger partial charge in [0.2, 0.25) is 0 Å². The summed E-state index contributed by atoms with van der Waals surface area (Å²) in [5.41, 5.74) is 3.70. The highest BCUT2D eigenvalue weighted by molar-refractivity contribution is 5.89. The summed E-state index contributed by atoms with van der Waals surface area (Å²) in [6.07, 6.45) is 7.22. The van der Waals surface area contributed by atoms with Gasteiger partial charge in [-0.3, -0.25) is 14.8 Å². The number of aromatic nitrogens is 1. The number of fused-ring (bicyclic) bond motifs is 3. The van der Waals surface area contributed by atoms with E-state index in [1.807, 2.05) is 12.3 Å². The topological polar surface area (TPSA) is 37.8 Å². The van der Waals surface area contributed by atoms with Gasteiger partial charge in [-0.05, 0) is 30.5 Å². The maximum absolute atomic E-state index is 6.24. The maximum Gasteiger partial charge on any atom is 0.152 e. The largest absolute Gasteiger partial charge is 0.475 e. The molecule has 2 aromatic rings. The highest BCUT2D eigenvalue weighted by Crippen LogP contribution is 2.37. The van der Waals surface area contributed by atoms with Crippen LogP contribution in [0.5, 0.6) is 5.75 Å². The van der Waals surface area contributed by atoms with Gasteiger partial charge < -0.3 is 9.47 Å². The van der Waals surface area contributed by atoms with Crippen molar-refractivity contribution in [2.45, 2.75) is 44.8 Å². The van der Waals surface area contributed by atoms with E-state index in [1.165, 1.54) is 42.2 Å². The van der Waals surface area contributed by atoms with Gasteiger partial charge in [-0.15, -0.1) is 0 Å². The fraction of sp³-hybridized carbons (Fsp3) is 0.571. The first kappa shape index (κ1) is 16.5. The van der Waals surface area contributed by atoms with Crippen molar-refractivity contribution >= 4 is 10.9 Å². The summed E-state index contributed by atoms with van der Waals surface area (Å²) in [6.45, 7) is 6.32. The van der Waals surface area contributed by atoms with Crippen LogP contribution in [0.25, 0.3) is 10.9 Å². The Hall–Kier alpha value is -1.69. The van der Waals surface area contributed by atoms with Crippen LogP contribution in [0.2, 0.25) is 0 Å². The quantitative estimate of drug-likeness (QED) is 0.847. The molecule has 0 spiro atoms. The zero-order valence-corrected chi connectivity index (χ0v) is 15.3. The monoisotopic (exact) mass is 353 g/mol. The number of rotatable bonds is 3. The predicted molar refractivity (Wildman–Crippen MR) is 101 cm³/mol. The van der Waals surface area contributed by atoms with E-state index in [0.717, 1.165) is 50.7 Å². The molecule has 1 aliphatic carbocycles. The van der Waals surface area contributed by atoms with Crippen LogP contribution in [0.3, 0.4) is 0 Å². The van der Waals surface area contributed by atoms with Crippen molar-refractivity contribution in [3.63, 3.8) is 0 Å². The van der Waals surface area contributed by atoms with Crippen LogP contribution in [0, 0.1) is 0 Å². The van der Waals surface area contributed by atoms with Crippen LogP contribution in [0.15, 0.2) is 24.4 Å². The fourth-order valence-electron chi connectivity index (χ4n) is 4.68. The summed E-state index contributed by atoms with van der Waals surface area (Å²) in [7, 11) is 0. The van der Waals surface area contributed by atoms with Crippen molar-refractivity contribution in [3.8, 4) is 5.75 Å². The van der Waals surface area contributed by atoms with Crippen LogP contribution in [0.4, 0.5) is 0 Å². The first-order valence-electron chi connectivity index (χ1n) is 9.95. The minimum absolute atomic E-state index is 0.685. The maximum atomic E-state index is 6.24. The Morgan fingerprint density at radius 3 is 2.85 bits per heavy atom. The highest BCUT2D eigenvalue weighted by Gasteiger charge is 2.29. The molecule has 1 saturated heterocycles. The van der Waals surface area contributed by atoms with Gasteiger partial charge in [0, 0.05) is 49.4 Å². The second kappa shape index (κ2) is 7.14. The van der Waals surface area contributed by atoms with Crippen molar-refractivity contribution in [3.05, 3.63) is 35.5 Å². The number of ether oxygens (including phenoxy) is 2. The minimum Gasteiger partial charge on any atom is -0.475 e. The summed E-state index contributed by atoms with van der Waals surface area (Å²) < 4.78 is 11.7. The van der Waals surface area contributed by atoms with Crippen molar-refractivity contribution in [1.82, 2.24) is 14.8 Å². The Morgan fingerprint density at radius 2 is 2.00 bits per heavy atom. The van der Waals surface area contributed by atoms with E-state index in [2.05, 4.69) is 26.9 Å². The number of hydrogen-bond donors (Lipinski definition) is 0. The van der Waals surface area contributed by atoms with E-state index in [-0.39, 0.29) is 0 Å². The molecule has 0 N–H and O–H groups in total. The van der Waals surface area contributed by atoms with Gasteiger partial charge in [0.25, 0.3) is 0 Å². The van der Waals surface area contributed by atoms with Gasteiger partial charge in [0.15, 0.2) is 5.75 Å². The summed E-state index contributed by atoms with van der Waals surface area (Å²) in [6, 6.07) is 7.27. The molecule has 26 heavy (non-hydrogen) atoms. The summed E-state index contributed by atoms with van der Waals surface area (Å²) in [5.74, 6) is 1.00. The molecule has 1 aromatic heterocycles. The molecule has 138 valence electrons. The van der Waals surface area contributed by atoms with Crippen molar-refractivity contribution in [2.75, 3.05) is 33.0 Å². The Morgan fingerprint density at radius 1 is 1.15 bits per heavy atom. The lowest BCUT2D eigenvalue weighted by Gasteiger charge is -2.34. The SMILES string of the molecule is c1cnc2c3c(cc(CN4CCOCC4)c2c1)CN(C1CCCC1)CO3. The Labute approximate surface area is 154 Å². The smallest absolute Gasteiger partial charge is 0.152 e. The molecule has 0 atom stereocenters. The van der Waals surface area contributed by atoms with Crippen molar-refractivity contribution < 1.29 is 9.47 Å². The third-order valence-electron chi connectivity index (χ3n) is 6.10. The minimum atomic E-state index is 0.685. The van der Waals surface area contributed by atoms with Crippen LogP contribution >= 0.6 is 0 Å². The first-order valence-corrected chi connectivity index (χ1v) is 9.95. The normalized spacial score (nSPS) is 22.5. The van der Waals surface area contributed by atoms with Crippen LogP contribution in [-0.2, 0) is 17.8 Å². The molecule has 0 radical (unpaired) electrons. The Kier molecular flexibility index (Phi) is 4.53. The first-order chi connectivity index (χ1) is 12.9. The zero-order valence-electron chi connectivity index (χ0n) is 15.3. The molecule has 5 heteroatoms. The number of nitrogens with zero attached hydrogens (tertiary/aromatic N) is 3. The van der Waals surface area contributed by atoms with E-state index >= 15 is 0 Å². The van der Waals surface area contributed by atoms with E-state index in [0.29, 0.717) is 12.8 Å². The van der Waals surface area contributed by atoms with Crippen molar-refractivity contribution in [2.24, 2.45) is 0 Å². The lowest BCUT2D eigenvalue weighted by Crippen LogP contribution is -2.39. The predicted octanol–water partition coefficient (Wildman–Crippen LogP) is 3.16. The Bertz CT molecular complexity index is 782. The molecule has 5 rings (SSSR count). The van der Waals surface area contributed by atoms with Gasteiger partial charge in [0.05, 0.1) is 13.2 Å². The van der Waals surface area contributed by atoms with Gasteiger partial charge >= 0.3 is 0 Å². The molecule has 5 nitrogen and oxygen atoms in total. The third kappa shape index (κ3) is 3.08. The average Bonchev–Trinajstić information content (AvgIpc) is 3.23.